The molecule has 32 heavy (non-hydrogen) atoms. The van der Waals surface area contributed by atoms with Crippen LogP contribution >= 0.6 is 22.9 Å². The number of hydrogen-bond acceptors (Lipinski definition) is 6. The van der Waals surface area contributed by atoms with E-state index in [-0.39, 0.29) is 29.4 Å². The van der Waals surface area contributed by atoms with Crippen molar-refractivity contribution < 1.29 is 22.7 Å². The van der Waals surface area contributed by atoms with Crippen molar-refractivity contribution in [3.8, 4) is 5.75 Å². The summed E-state index contributed by atoms with van der Waals surface area (Å²) in [6.45, 7) is 3.50. The number of thiazole rings is 1. The van der Waals surface area contributed by atoms with Crippen LogP contribution in [0, 0.1) is 0 Å². The van der Waals surface area contributed by atoms with Crippen molar-refractivity contribution in [1.82, 2.24) is 4.57 Å². The third-order valence-electron chi connectivity index (χ3n) is 4.68. The largest absolute Gasteiger partial charge is 0.494 e. The summed E-state index contributed by atoms with van der Waals surface area (Å²) < 4.78 is 38.5. The number of sulfone groups is 1. The molecule has 0 N–H and O–H groups in total. The Morgan fingerprint density at radius 2 is 1.94 bits per heavy atom. The summed E-state index contributed by atoms with van der Waals surface area (Å²) in [5.74, 6) is 0.258. The molecule has 0 bridgehead atoms. The Balaban J connectivity index is 1.76. The topological polar surface area (TPSA) is 87.0 Å². The lowest BCUT2D eigenvalue weighted by molar-refractivity contribution is -0.118. The van der Waals surface area contributed by atoms with Gasteiger partial charge in [-0.3, -0.25) is 4.79 Å². The van der Waals surface area contributed by atoms with E-state index in [9.17, 15) is 13.2 Å². The number of carbonyl (C=O) groups excluding carboxylic acids is 1. The molecule has 3 aromatic rings. The first-order chi connectivity index (χ1) is 15.3. The number of halogens is 1. The Bertz CT molecular complexity index is 1250. The van der Waals surface area contributed by atoms with Gasteiger partial charge in [0.25, 0.3) is 0 Å². The molecule has 0 aliphatic rings. The fourth-order valence-corrected chi connectivity index (χ4v) is 5.67. The van der Waals surface area contributed by atoms with Crippen molar-refractivity contribution in [3.05, 3.63) is 52.3 Å². The van der Waals surface area contributed by atoms with Gasteiger partial charge < -0.3 is 14.0 Å². The van der Waals surface area contributed by atoms with Gasteiger partial charge in [-0.1, -0.05) is 22.9 Å². The van der Waals surface area contributed by atoms with Crippen LogP contribution in [0.3, 0.4) is 0 Å². The number of rotatable bonds is 10. The van der Waals surface area contributed by atoms with E-state index in [1.54, 1.807) is 7.11 Å². The van der Waals surface area contributed by atoms with Gasteiger partial charge in [-0.25, -0.2) is 8.42 Å². The van der Waals surface area contributed by atoms with Crippen molar-refractivity contribution >= 4 is 48.9 Å². The van der Waals surface area contributed by atoms with Crippen molar-refractivity contribution in [2.75, 3.05) is 26.1 Å². The lowest BCUT2D eigenvalue weighted by Crippen LogP contribution is -2.19. The van der Waals surface area contributed by atoms with Gasteiger partial charge in [0.2, 0.25) is 5.91 Å². The highest BCUT2D eigenvalue weighted by molar-refractivity contribution is 7.91. The van der Waals surface area contributed by atoms with E-state index < -0.39 is 9.84 Å². The lowest BCUT2D eigenvalue weighted by Gasteiger charge is -2.06. The molecule has 0 spiro atoms. The molecule has 0 saturated carbocycles. The predicted molar refractivity (Wildman–Crippen MR) is 126 cm³/mol. The summed E-state index contributed by atoms with van der Waals surface area (Å²) in [7, 11) is -1.87. The summed E-state index contributed by atoms with van der Waals surface area (Å²) in [6, 6.07) is 11.8. The maximum atomic E-state index is 12.5. The molecule has 0 aliphatic heterocycles. The fraction of sp³-hybridized carbons (Fsp3) is 0.364. The Kier molecular flexibility index (Phi) is 8.47. The highest BCUT2D eigenvalue weighted by Crippen LogP contribution is 2.23. The van der Waals surface area contributed by atoms with Gasteiger partial charge in [-0.05, 0) is 55.8 Å². The Labute approximate surface area is 196 Å². The molecule has 1 amide bonds. The van der Waals surface area contributed by atoms with Crippen molar-refractivity contribution in [2.45, 2.75) is 31.2 Å². The fourth-order valence-electron chi connectivity index (χ4n) is 3.13. The molecule has 0 atom stereocenters. The molecule has 0 aliphatic carbocycles. The number of aromatic nitrogens is 1. The number of hydrogen-bond donors (Lipinski definition) is 0. The minimum absolute atomic E-state index is 0.0372. The molecule has 2 aromatic carbocycles. The quantitative estimate of drug-likeness (QED) is 0.422. The molecule has 0 saturated heterocycles. The molecule has 7 nitrogen and oxygen atoms in total. The number of carbonyl (C=O) groups is 1. The van der Waals surface area contributed by atoms with Gasteiger partial charge >= 0.3 is 0 Å². The first-order valence-electron chi connectivity index (χ1n) is 10.1. The molecule has 1 heterocycles. The van der Waals surface area contributed by atoms with Crippen molar-refractivity contribution in [2.24, 2.45) is 4.99 Å². The van der Waals surface area contributed by atoms with E-state index in [0.29, 0.717) is 29.6 Å². The minimum Gasteiger partial charge on any atom is -0.494 e. The number of nitrogens with zero attached hydrogens (tertiary/aromatic N) is 2. The van der Waals surface area contributed by atoms with E-state index in [0.717, 1.165) is 16.0 Å². The molecule has 10 heteroatoms. The first-order valence-corrected chi connectivity index (χ1v) is 13.0. The molecule has 1 aromatic heterocycles. The summed E-state index contributed by atoms with van der Waals surface area (Å²) in [4.78, 5) is 17.5. The van der Waals surface area contributed by atoms with Crippen LogP contribution in [0.5, 0.6) is 5.75 Å². The van der Waals surface area contributed by atoms with Gasteiger partial charge in [0.1, 0.15) is 5.75 Å². The van der Waals surface area contributed by atoms with Crippen LogP contribution in [0.2, 0.25) is 5.02 Å². The zero-order valence-electron chi connectivity index (χ0n) is 17.9. The van der Waals surface area contributed by atoms with Gasteiger partial charge in [0, 0.05) is 25.1 Å². The van der Waals surface area contributed by atoms with E-state index >= 15 is 0 Å². The Morgan fingerprint density at radius 1 is 1.19 bits per heavy atom. The third-order valence-corrected chi connectivity index (χ3v) is 7.79. The predicted octanol–water partition coefficient (Wildman–Crippen LogP) is 4.08. The maximum absolute atomic E-state index is 12.5. The Morgan fingerprint density at radius 3 is 2.62 bits per heavy atom. The van der Waals surface area contributed by atoms with Crippen molar-refractivity contribution in [3.63, 3.8) is 0 Å². The van der Waals surface area contributed by atoms with Crippen molar-refractivity contribution in [1.29, 1.82) is 0 Å². The molecular formula is C22H25ClN2O5S2. The average molecular weight is 497 g/mol. The van der Waals surface area contributed by atoms with Gasteiger partial charge in [0.15, 0.2) is 14.6 Å². The second-order valence-corrected chi connectivity index (χ2v) is 10.5. The molecule has 0 radical (unpaired) electrons. The van der Waals surface area contributed by atoms with Crippen LogP contribution in [0.1, 0.15) is 19.8 Å². The molecular weight excluding hydrogens is 472 g/mol. The average Bonchev–Trinajstić information content (AvgIpc) is 3.08. The highest BCUT2D eigenvalue weighted by atomic mass is 35.5. The number of fused-ring (bicyclic) bond motifs is 1. The third kappa shape index (κ3) is 6.19. The van der Waals surface area contributed by atoms with Gasteiger partial charge in [-0.2, -0.15) is 4.99 Å². The first kappa shape index (κ1) is 24.4. The summed E-state index contributed by atoms with van der Waals surface area (Å²) in [6.07, 6.45) is 0.223. The van der Waals surface area contributed by atoms with E-state index in [2.05, 4.69) is 4.99 Å². The van der Waals surface area contributed by atoms with E-state index in [4.69, 9.17) is 21.1 Å². The summed E-state index contributed by atoms with van der Waals surface area (Å²) in [5, 5.41) is 0.469. The summed E-state index contributed by atoms with van der Waals surface area (Å²) in [5.41, 5.74) is 0.937. The highest BCUT2D eigenvalue weighted by Gasteiger charge is 2.15. The zero-order chi connectivity index (χ0) is 23.1. The monoisotopic (exact) mass is 496 g/mol. The standard InChI is InChI=1S/C22H25ClN2O5S2/c1-3-30-17-8-11-19-20(15-17)31-22(25(19)12-13-29-2)24-21(26)5-4-14-32(27,28)18-9-6-16(23)7-10-18/h6-11,15H,3-5,12-14H2,1-2H3. The molecule has 3 rings (SSSR count). The van der Waals surface area contributed by atoms with E-state index in [1.807, 2.05) is 29.7 Å². The molecule has 0 unspecified atom stereocenters. The molecule has 172 valence electrons. The smallest absolute Gasteiger partial charge is 0.248 e. The maximum Gasteiger partial charge on any atom is 0.248 e. The van der Waals surface area contributed by atoms with Crippen LogP contribution in [0.4, 0.5) is 0 Å². The SMILES string of the molecule is CCOc1ccc2c(c1)sc(=NC(=O)CCCS(=O)(=O)c1ccc(Cl)cc1)n2CCOC. The Hall–Kier alpha value is -2.20. The van der Waals surface area contributed by atoms with Crippen LogP contribution in [0.25, 0.3) is 10.2 Å². The second-order valence-electron chi connectivity index (χ2n) is 6.97. The number of ether oxygens (including phenoxy) is 2. The molecule has 0 fully saturated rings. The number of methoxy groups -OCH3 is 1. The second kappa shape index (κ2) is 11.1. The minimum atomic E-state index is -3.48. The van der Waals surface area contributed by atoms with Gasteiger partial charge in [0.05, 0.1) is 34.1 Å². The lowest BCUT2D eigenvalue weighted by atomic mass is 10.3. The van der Waals surface area contributed by atoms with Crippen LogP contribution in [-0.2, 0) is 25.9 Å². The van der Waals surface area contributed by atoms with E-state index in [1.165, 1.54) is 35.6 Å². The zero-order valence-corrected chi connectivity index (χ0v) is 20.3. The van der Waals surface area contributed by atoms with Gasteiger partial charge in [-0.15, -0.1) is 0 Å². The number of amides is 1. The van der Waals surface area contributed by atoms with Crippen LogP contribution < -0.4 is 9.54 Å². The summed E-state index contributed by atoms with van der Waals surface area (Å²) >= 11 is 7.20. The normalized spacial score (nSPS) is 12.4. The van der Waals surface area contributed by atoms with Crippen LogP contribution in [0.15, 0.2) is 52.4 Å². The number of benzene rings is 2. The van der Waals surface area contributed by atoms with Crippen LogP contribution in [-0.4, -0.2) is 45.0 Å².